The number of nitrogens with zero attached hydrogens (tertiary/aromatic N) is 2. The van der Waals surface area contributed by atoms with E-state index in [-0.39, 0.29) is 11.1 Å². The van der Waals surface area contributed by atoms with Crippen molar-refractivity contribution in [2.75, 3.05) is 13.7 Å². The average Bonchev–Trinajstić information content (AvgIpc) is 3.14. The van der Waals surface area contributed by atoms with E-state index < -0.39 is 12.0 Å². The summed E-state index contributed by atoms with van der Waals surface area (Å²) in [5.74, 6) is 0.0432. The van der Waals surface area contributed by atoms with Crippen LogP contribution in [0.5, 0.6) is 5.75 Å². The fourth-order valence-electron chi connectivity index (χ4n) is 3.81. The van der Waals surface area contributed by atoms with Gasteiger partial charge in [0.1, 0.15) is 11.8 Å². The van der Waals surface area contributed by atoms with Crippen LogP contribution in [-0.2, 0) is 9.53 Å². The predicted octanol–water partition coefficient (Wildman–Crippen LogP) is 4.50. The molecule has 2 aromatic carbocycles. The lowest BCUT2D eigenvalue weighted by Gasteiger charge is -2.26. The normalized spacial score (nSPS) is 15.7. The van der Waals surface area contributed by atoms with Crippen molar-refractivity contribution >= 4 is 46.6 Å². The monoisotopic (exact) mass is 516 g/mol. The lowest BCUT2D eigenvalue weighted by Crippen LogP contribution is -2.40. The molecule has 0 bridgehead atoms. The highest BCUT2D eigenvalue weighted by molar-refractivity contribution is 7.07. The number of para-hydroxylation sites is 1. The standard InChI is InChI=1S/C25H22Cl2N2O4S/c1-4-12-33-18-11-6-5-9-16(18)22-20(24(31)32-3)14(2)28-25-29(22)23(30)19(34-25)13-15-8-7-10-17(26)21(15)27/h5-11,13,22H,4,12H2,1-3H3/b19-13+. The van der Waals surface area contributed by atoms with Crippen molar-refractivity contribution in [3.8, 4) is 5.75 Å². The van der Waals surface area contributed by atoms with Gasteiger partial charge in [-0.2, -0.15) is 0 Å². The van der Waals surface area contributed by atoms with Gasteiger partial charge in [0.15, 0.2) is 4.80 Å². The molecule has 1 aromatic heterocycles. The number of methoxy groups -OCH3 is 1. The molecule has 0 radical (unpaired) electrons. The van der Waals surface area contributed by atoms with Crippen molar-refractivity contribution in [3.05, 3.63) is 94.6 Å². The van der Waals surface area contributed by atoms with Gasteiger partial charge >= 0.3 is 5.97 Å². The largest absolute Gasteiger partial charge is 0.493 e. The van der Waals surface area contributed by atoms with Crippen molar-refractivity contribution in [1.82, 2.24) is 4.57 Å². The third-order valence-electron chi connectivity index (χ3n) is 5.37. The summed E-state index contributed by atoms with van der Waals surface area (Å²) in [7, 11) is 1.31. The van der Waals surface area contributed by atoms with Crippen LogP contribution in [0, 0.1) is 0 Å². The van der Waals surface area contributed by atoms with E-state index >= 15 is 0 Å². The number of hydrogen-bond donors (Lipinski definition) is 0. The number of hydrogen-bond acceptors (Lipinski definition) is 6. The Labute approximate surface area is 210 Å². The second-order valence-corrected chi connectivity index (χ2v) is 9.40. The zero-order valence-corrected chi connectivity index (χ0v) is 21.1. The summed E-state index contributed by atoms with van der Waals surface area (Å²) in [6.07, 6.45) is 2.50. The molecule has 0 spiro atoms. The van der Waals surface area contributed by atoms with Crippen LogP contribution in [-0.4, -0.2) is 24.3 Å². The van der Waals surface area contributed by atoms with Crippen molar-refractivity contribution in [1.29, 1.82) is 0 Å². The van der Waals surface area contributed by atoms with E-state index in [1.54, 1.807) is 31.2 Å². The van der Waals surface area contributed by atoms with E-state index in [0.29, 0.717) is 48.6 Å². The Balaban J connectivity index is 1.99. The highest BCUT2D eigenvalue weighted by Crippen LogP contribution is 2.35. The van der Waals surface area contributed by atoms with Crippen LogP contribution < -0.4 is 19.6 Å². The van der Waals surface area contributed by atoms with E-state index in [1.807, 2.05) is 31.2 Å². The highest BCUT2D eigenvalue weighted by atomic mass is 35.5. The van der Waals surface area contributed by atoms with Gasteiger partial charge in [0.2, 0.25) is 0 Å². The van der Waals surface area contributed by atoms with Crippen LogP contribution in [0.15, 0.2) is 63.5 Å². The van der Waals surface area contributed by atoms with E-state index in [9.17, 15) is 9.59 Å². The topological polar surface area (TPSA) is 69.9 Å². The maximum Gasteiger partial charge on any atom is 0.338 e. The quantitative estimate of drug-likeness (QED) is 0.452. The Kier molecular flexibility index (Phi) is 7.26. The fraction of sp³-hybridized carbons (Fsp3) is 0.240. The zero-order chi connectivity index (χ0) is 24.4. The lowest BCUT2D eigenvalue weighted by molar-refractivity contribution is -0.136. The fourth-order valence-corrected chi connectivity index (χ4v) is 5.21. The van der Waals surface area contributed by atoms with Crippen LogP contribution in [0.25, 0.3) is 6.08 Å². The van der Waals surface area contributed by atoms with E-state index in [2.05, 4.69) is 4.99 Å². The van der Waals surface area contributed by atoms with Gasteiger partial charge in [0.05, 0.1) is 39.6 Å². The van der Waals surface area contributed by atoms with Gasteiger partial charge in [-0.15, -0.1) is 0 Å². The molecule has 3 aromatic rings. The molecule has 34 heavy (non-hydrogen) atoms. The molecule has 6 nitrogen and oxygen atoms in total. The number of rotatable bonds is 6. The SMILES string of the molecule is CCCOc1ccccc1C1C(C(=O)OC)=C(C)N=c2s/c(=C/c3cccc(Cl)c3Cl)c(=O)n21. The first-order valence-electron chi connectivity index (χ1n) is 10.6. The highest BCUT2D eigenvalue weighted by Gasteiger charge is 2.34. The number of fused-ring (bicyclic) bond motifs is 1. The molecule has 176 valence electrons. The molecule has 0 aliphatic carbocycles. The third-order valence-corrected chi connectivity index (χ3v) is 7.19. The average molecular weight is 517 g/mol. The molecular formula is C25H22Cl2N2O4S. The summed E-state index contributed by atoms with van der Waals surface area (Å²) in [6, 6.07) is 11.9. The van der Waals surface area contributed by atoms with Gasteiger partial charge in [-0.1, -0.05) is 71.8 Å². The van der Waals surface area contributed by atoms with E-state index in [0.717, 1.165) is 6.42 Å². The van der Waals surface area contributed by atoms with Gasteiger partial charge in [-0.3, -0.25) is 9.36 Å². The predicted molar refractivity (Wildman–Crippen MR) is 134 cm³/mol. The van der Waals surface area contributed by atoms with Crippen molar-refractivity contribution in [2.24, 2.45) is 4.99 Å². The van der Waals surface area contributed by atoms with Crippen LogP contribution in [0.3, 0.4) is 0 Å². The Bertz CT molecular complexity index is 1470. The Morgan fingerprint density at radius 1 is 1.21 bits per heavy atom. The minimum Gasteiger partial charge on any atom is -0.493 e. The summed E-state index contributed by atoms with van der Waals surface area (Å²) in [5.41, 5.74) is 1.76. The Morgan fingerprint density at radius 2 is 1.97 bits per heavy atom. The summed E-state index contributed by atoms with van der Waals surface area (Å²) in [5, 5.41) is 0.753. The summed E-state index contributed by atoms with van der Waals surface area (Å²) >= 11 is 13.7. The number of aromatic nitrogens is 1. The molecule has 0 saturated carbocycles. The van der Waals surface area contributed by atoms with Crippen molar-refractivity contribution in [2.45, 2.75) is 26.3 Å². The molecule has 0 amide bonds. The molecule has 2 heterocycles. The third kappa shape index (κ3) is 4.43. The molecule has 9 heteroatoms. The van der Waals surface area contributed by atoms with Gasteiger partial charge in [0, 0.05) is 5.56 Å². The number of esters is 1. The van der Waals surface area contributed by atoms with Crippen LogP contribution >= 0.6 is 34.5 Å². The second kappa shape index (κ2) is 10.2. The van der Waals surface area contributed by atoms with E-state index in [4.69, 9.17) is 32.7 Å². The molecule has 1 unspecified atom stereocenters. The lowest BCUT2D eigenvalue weighted by atomic mass is 9.95. The number of halogens is 2. The number of ether oxygens (including phenoxy) is 2. The maximum absolute atomic E-state index is 13.7. The maximum atomic E-state index is 13.7. The molecule has 4 rings (SSSR count). The summed E-state index contributed by atoms with van der Waals surface area (Å²) in [4.78, 5) is 31.6. The molecule has 0 fully saturated rings. The van der Waals surface area contributed by atoms with Crippen LogP contribution in [0.2, 0.25) is 10.0 Å². The Morgan fingerprint density at radius 3 is 2.71 bits per heavy atom. The molecular weight excluding hydrogens is 495 g/mol. The van der Waals surface area contributed by atoms with Crippen LogP contribution in [0.1, 0.15) is 37.4 Å². The number of benzene rings is 2. The first kappa shape index (κ1) is 24.3. The zero-order valence-electron chi connectivity index (χ0n) is 18.8. The minimum atomic E-state index is -0.756. The van der Waals surface area contributed by atoms with Gasteiger partial charge in [0.25, 0.3) is 5.56 Å². The number of allylic oxidation sites excluding steroid dienone is 1. The number of carbonyl (C=O) groups is 1. The molecule has 0 N–H and O–H groups in total. The van der Waals surface area contributed by atoms with Gasteiger partial charge < -0.3 is 9.47 Å². The first-order chi connectivity index (χ1) is 16.4. The van der Waals surface area contributed by atoms with Crippen molar-refractivity contribution in [3.63, 3.8) is 0 Å². The number of carbonyl (C=O) groups excluding carboxylic acids is 1. The molecule has 0 saturated heterocycles. The number of thiazole rings is 1. The van der Waals surface area contributed by atoms with Gasteiger partial charge in [-0.05, 0) is 37.1 Å². The van der Waals surface area contributed by atoms with Gasteiger partial charge in [-0.25, -0.2) is 9.79 Å². The summed E-state index contributed by atoms with van der Waals surface area (Å²) < 4.78 is 13.0. The Hall–Kier alpha value is -2.87. The van der Waals surface area contributed by atoms with Crippen molar-refractivity contribution < 1.29 is 14.3 Å². The molecule has 1 atom stereocenters. The smallest absolute Gasteiger partial charge is 0.338 e. The first-order valence-corrected chi connectivity index (χ1v) is 12.2. The summed E-state index contributed by atoms with van der Waals surface area (Å²) in [6.45, 7) is 4.25. The minimum absolute atomic E-state index is 0.287. The molecule has 1 aliphatic rings. The van der Waals surface area contributed by atoms with Crippen LogP contribution in [0.4, 0.5) is 0 Å². The molecule has 1 aliphatic heterocycles. The second-order valence-electron chi connectivity index (χ2n) is 7.60. The van der Waals surface area contributed by atoms with E-state index in [1.165, 1.54) is 23.0 Å².